The first kappa shape index (κ1) is 12.1. The van der Waals surface area contributed by atoms with Gasteiger partial charge in [0.25, 0.3) is 0 Å². The number of thioether (sulfide) groups is 1. The van der Waals surface area contributed by atoms with Gasteiger partial charge in [-0.05, 0) is 13.3 Å². The first-order chi connectivity index (χ1) is 6.74. The molecule has 0 aromatic rings. The van der Waals surface area contributed by atoms with Crippen molar-refractivity contribution in [2.24, 2.45) is 0 Å². The van der Waals surface area contributed by atoms with Crippen LogP contribution in [0.25, 0.3) is 0 Å². The molecule has 1 nitrogen and oxygen atoms in total. The van der Waals surface area contributed by atoms with E-state index in [0.29, 0.717) is 0 Å². The summed E-state index contributed by atoms with van der Waals surface area (Å²) >= 11 is 2.04. The maximum absolute atomic E-state index is 2.56. The van der Waals surface area contributed by atoms with Gasteiger partial charge >= 0.3 is 0 Å². The van der Waals surface area contributed by atoms with Gasteiger partial charge in [0.2, 0.25) is 5.04 Å². The average molecular weight is 214 g/mol. The molecule has 0 aromatic carbocycles. The van der Waals surface area contributed by atoms with Crippen LogP contribution in [-0.4, -0.2) is 28.0 Å². The number of nitrogens with zero attached hydrogens (tertiary/aromatic N) is 1. The fourth-order valence-corrected chi connectivity index (χ4v) is 3.15. The summed E-state index contributed by atoms with van der Waals surface area (Å²) in [5, 5.41) is 2.35. The molecule has 1 atom stereocenters. The molecule has 0 saturated heterocycles. The van der Waals surface area contributed by atoms with Crippen molar-refractivity contribution < 1.29 is 4.58 Å². The van der Waals surface area contributed by atoms with Crippen LogP contribution in [0, 0.1) is 0 Å². The predicted molar refractivity (Wildman–Crippen MR) is 66.5 cm³/mol. The Morgan fingerprint density at radius 3 is 2.57 bits per heavy atom. The minimum Gasteiger partial charge on any atom is -0.227 e. The van der Waals surface area contributed by atoms with E-state index in [0.717, 1.165) is 5.25 Å². The number of unbranched alkanes of at least 4 members (excludes halogenated alkanes) is 4. The minimum absolute atomic E-state index is 0.811. The summed E-state index contributed by atoms with van der Waals surface area (Å²) in [5.41, 5.74) is 0. The molecule has 82 valence electrons. The van der Waals surface area contributed by atoms with E-state index in [1.807, 2.05) is 11.8 Å². The third-order valence-corrected chi connectivity index (χ3v) is 3.98. The van der Waals surface area contributed by atoms with Crippen molar-refractivity contribution in [1.29, 1.82) is 0 Å². The number of rotatable bonds is 6. The molecule has 0 bridgehead atoms. The topological polar surface area (TPSA) is 3.01 Å². The predicted octanol–water partition coefficient (Wildman–Crippen LogP) is 3.52. The molecule has 0 aromatic heterocycles. The minimum atomic E-state index is 0.811. The molecule has 2 heteroatoms. The van der Waals surface area contributed by atoms with E-state index in [4.69, 9.17) is 0 Å². The maximum atomic E-state index is 2.56. The van der Waals surface area contributed by atoms with Crippen LogP contribution in [0.15, 0.2) is 0 Å². The largest absolute Gasteiger partial charge is 0.227 e. The Hall–Kier alpha value is 0.0200. The van der Waals surface area contributed by atoms with Crippen molar-refractivity contribution in [3.8, 4) is 0 Å². The molecule has 14 heavy (non-hydrogen) atoms. The van der Waals surface area contributed by atoms with E-state index in [1.165, 1.54) is 50.2 Å². The van der Waals surface area contributed by atoms with Crippen LogP contribution in [-0.2, 0) is 0 Å². The molecule has 0 spiro atoms. The molecule has 1 aliphatic rings. The third kappa shape index (κ3) is 4.04. The Labute approximate surface area is 93.0 Å². The summed E-state index contributed by atoms with van der Waals surface area (Å²) in [5.74, 6) is 0. The summed E-state index contributed by atoms with van der Waals surface area (Å²) in [6.45, 7) is 9.42. The number of hydrogen-bond acceptors (Lipinski definition) is 1. The summed E-state index contributed by atoms with van der Waals surface area (Å²) in [4.78, 5) is 0. The molecule has 0 aliphatic carbocycles. The lowest BCUT2D eigenvalue weighted by molar-refractivity contribution is -0.521. The van der Waals surface area contributed by atoms with Crippen molar-refractivity contribution in [3.63, 3.8) is 0 Å². The second kappa shape index (κ2) is 6.49. The lowest BCUT2D eigenvalue weighted by atomic mass is 10.1. The third-order valence-electron chi connectivity index (χ3n) is 2.83. The molecule has 0 saturated carbocycles. The van der Waals surface area contributed by atoms with Gasteiger partial charge < -0.3 is 0 Å². The molecule has 1 heterocycles. The molecule has 1 rings (SSSR count). The van der Waals surface area contributed by atoms with Crippen molar-refractivity contribution in [2.75, 3.05) is 13.1 Å². The van der Waals surface area contributed by atoms with Crippen LogP contribution >= 0.6 is 11.8 Å². The lowest BCUT2D eigenvalue weighted by Gasteiger charge is -2.00. The molecule has 1 unspecified atom stereocenters. The standard InChI is InChI=1S/C12H24NS/c1-4-5-6-7-8-9-13-10-11(2)14-12(13)3/h11H,4-10H2,1-3H3/q+1. The van der Waals surface area contributed by atoms with Gasteiger partial charge in [-0.25, -0.2) is 4.58 Å². The van der Waals surface area contributed by atoms with Gasteiger partial charge in [-0.15, -0.1) is 0 Å². The van der Waals surface area contributed by atoms with Crippen LogP contribution in [0.3, 0.4) is 0 Å². The highest BCUT2D eigenvalue weighted by molar-refractivity contribution is 8.14. The van der Waals surface area contributed by atoms with Gasteiger partial charge in [0.1, 0.15) is 6.54 Å². The summed E-state index contributed by atoms with van der Waals surface area (Å²) in [6, 6.07) is 0. The monoisotopic (exact) mass is 214 g/mol. The van der Waals surface area contributed by atoms with E-state index in [1.54, 1.807) is 0 Å². The SMILES string of the molecule is CCCCCCC[N+]1=C(C)SC(C)C1. The Balaban J connectivity index is 2.09. The highest BCUT2D eigenvalue weighted by Crippen LogP contribution is 2.20. The van der Waals surface area contributed by atoms with Gasteiger partial charge in [0.15, 0.2) is 6.54 Å². The Morgan fingerprint density at radius 2 is 2.00 bits per heavy atom. The molecular weight excluding hydrogens is 190 g/mol. The van der Waals surface area contributed by atoms with Gasteiger partial charge in [0, 0.05) is 13.3 Å². The molecule has 0 amide bonds. The highest BCUT2D eigenvalue weighted by Gasteiger charge is 2.24. The van der Waals surface area contributed by atoms with Gasteiger partial charge in [0.05, 0.1) is 5.25 Å². The van der Waals surface area contributed by atoms with Crippen LogP contribution in [0.1, 0.15) is 52.9 Å². The van der Waals surface area contributed by atoms with Crippen LogP contribution in [0.4, 0.5) is 0 Å². The second-order valence-corrected chi connectivity index (χ2v) is 5.94. The van der Waals surface area contributed by atoms with Crippen LogP contribution in [0.5, 0.6) is 0 Å². The Kier molecular flexibility index (Phi) is 5.61. The average Bonchev–Trinajstić information content (AvgIpc) is 2.45. The normalized spacial score (nSPS) is 22.1. The zero-order valence-corrected chi connectivity index (χ0v) is 10.7. The zero-order valence-electron chi connectivity index (χ0n) is 9.88. The molecule has 0 N–H and O–H groups in total. The van der Waals surface area contributed by atoms with E-state index in [2.05, 4.69) is 25.3 Å². The molecule has 1 aliphatic heterocycles. The second-order valence-electron chi connectivity index (χ2n) is 4.31. The van der Waals surface area contributed by atoms with Crippen LogP contribution in [0.2, 0.25) is 0 Å². The van der Waals surface area contributed by atoms with Crippen molar-refractivity contribution in [2.45, 2.75) is 58.1 Å². The molecule has 0 radical (unpaired) electrons. The van der Waals surface area contributed by atoms with Crippen LogP contribution < -0.4 is 0 Å². The lowest BCUT2D eigenvalue weighted by Crippen LogP contribution is -2.17. The molecular formula is C12H24NS+. The van der Waals surface area contributed by atoms with Gasteiger partial charge in [-0.1, -0.05) is 37.9 Å². The highest BCUT2D eigenvalue weighted by atomic mass is 32.2. The maximum Gasteiger partial charge on any atom is 0.207 e. The summed E-state index contributed by atoms with van der Waals surface area (Å²) in [6.07, 6.45) is 6.98. The van der Waals surface area contributed by atoms with Crippen molar-refractivity contribution >= 4 is 16.8 Å². The quantitative estimate of drug-likeness (QED) is 0.483. The first-order valence-corrected chi connectivity index (χ1v) is 6.87. The Bertz CT molecular complexity index is 198. The molecule has 0 fully saturated rings. The van der Waals surface area contributed by atoms with Gasteiger partial charge in [-0.3, -0.25) is 0 Å². The van der Waals surface area contributed by atoms with E-state index in [-0.39, 0.29) is 0 Å². The summed E-state index contributed by atoms with van der Waals surface area (Å²) in [7, 11) is 0. The van der Waals surface area contributed by atoms with E-state index >= 15 is 0 Å². The summed E-state index contributed by atoms with van der Waals surface area (Å²) < 4.78 is 2.56. The van der Waals surface area contributed by atoms with E-state index < -0.39 is 0 Å². The number of hydrogen-bond donors (Lipinski definition) is 0. The first-order valence-electron chi connectivity index (χ1n) is 5.99. The van der Waals surface area contributed by atoms with Crippen molar-refractivity contribution in [3.05, 3.63) is 0 Å². The zero-order chi connectivity index (χ0) is 10.4. The van der Waals surface area contributed by atoms with Gasteiger partial charge in [-0.2, -0.15) is 0 Å². The fraction of sp³-hybridized carbons (Fsp3) is 0.917. The van der Waals surface area contributed by atoms with E-state index in [9.17, 15) is 0 Å². The Morgan fingerprint density at radius 1 is 1.29 bits per heavy atom. The van der Waals surface area contributed by atoms with Crippen molar-refractivity contribution in [1.82, 2.24) is 0 Å². The smallest absolute Gasteiger partial charge is 0.207 e. The fourth-order valence-electron chi connectivity index (χ4n) is 2.00.